The minimum Gasteiger partial charge on any atom is -0.392 e. The highest BCUT2D eigenvalue weighted by Gasteiger charge is 2.27. The monoisotopic (exact) mass is 252 g/mol. The maximum absolute atomic E-state index is 12.0. The molecule has 1 atom stereocenters. The quantitative estimate of drug-likeness (QED) is 0.710. The van der Waals surface area contributed by atoms with Crippen molar-refractivity contribution in [2.45, 2.75) is 51.2 Å². The number of nitrogens with zero attached hydrogens (tertiary/aromatic N) is 1. The van der Waals surface area contributed by atoms with E-state index in [1.807, 2.05) is 18.7 Å². The van der Waals surface area contributed by atoms with Crippen LogP contribution in [0.25, 0.3) is 0 Å². The maximum Gasteiger partial charge on any atom is 0.235 e. The predicted molar refractivity (Wildman–Crippen MR) is 72.0 cm³/mol. The number of piperidine rings is 1. The lowest BCUT2D eigenvalue weighted by molar-refractivity contribution is -0.124. The van der Waals surface area contributed by atoms with Crippen molar-refractivity contribution in [2.75, 3.05) is 19.6 Å². The van der Waals surface area contributed by atoms with E-state index >= 15 is 0 Å². The second-order valence-corrected chi connectivity index (χ2v) is 5.01. The van der Waals surface area contributed by atoms with Crippen molar-refractivity contribution < 1.29 is 9.90 Å². The van der Waals surface area contributed by atoms with Crippen molar-refractivity contribution in [1.29, 1.82) is 0 Å². The number of β-amino-alcohol motifs (C(OH)–C–C–N with tert-alkyl or cyclic N) is 1. The normalized spacial score (nSPS) is 21.3. The molecule has 1 fully saturated rings. The number of rotatable bonds is 5. The van der Waals surface area contributed by atoms with Crippen molar-refractivity contribution >= 4 is 5.91 Å². The first-order chi connectivity index (χ1) is 8.55. The van der Waals surface area contributed by atoms with E-state index < -0.39 is 5.54 Å². The van der Waals surface area contributed by atoms with E-state index in [9.17, 15) is 9.90 Å². The zero-order valence-electron chi connectivity index (χ0n) is 11.4. The Hall–Kier alpha value is -1.05. The van der Waals surface area contributed by atoms with E-state index in [-0.39, 0.29) is 12.0 Å². The molecule has 2 N–H and O–H groups in total. The summed E-state index contributed by atoms with van der Waals surface area (Å²) in [5, 5.41) is 12.5. The van der Waals surface area contributed by atoms with Crippen molar-refractivity contribution in [3.63, 3.8) is 0 Å². The van der Waals surface area contributed by atoms with E-state index in [2.05, 4.69) is 11.2 Å². The highest BCUT2D eigenvalue weighted by Crippen LogP contribution is 2.14. The van der Waals surface area contributed by atoms with Gasteiger partial charge in [0.1, 0.15) is 5.54 Å². The van der Waals surface area contributed by atoms with Gasteiger partial charge in [0.25, 0.3) is 0 Å². The van der Waals surface area contributed by atoms with E-state index in [0.717, 1.165) is 32.2 Å². The first-order valence-electron chi connectivity index (χ1n) is 6.74. The van der Waals surface area contributed by atoms with Gasteiger partial charge in [0.05, 0.1) is 12.6 Å². The summed E-state index contributed by atoms with van der Waals surface area (Å²) >= 11 is 0. The molecule has 0 aliphatic carbocycles. The van der Waals surface area contributed by atoms with Crippen LogP contribution in [0.15, 0.2) is 0 Å². The molecule has 0 spiro atoms. The van der Waals surface area contributed by atoms with Gasteiger partial charge >= 0.3 is 0 Å². The molecule has 1 aliphatic heterocycles. The van der Waals surface area contributed by atoms with Gasteiger partial charge in [0.15, 0.2) is 0 Å². The number of carbonyl (C=O) groups excluding carboxylic acids is 1. The maximum atomic E-state index is 12.0. The van der Waals surface area contributed by atoms with E-state index in [1.165, 1.54) is 0 Å². The molecular weight excluding hydrogens is 228 g/mol. The van der Waals surface area contributed by atoms with Crippen molar-refractivity contribution in [3.05, 3.63) is 0 Å². The molecular formula is C14H24N2O2. The number of aliphatic hydroxyl groups is 1. The van der Waals surface area contributed by atoms with Crippen LogP contribution in [0.5, 0.6) is 0 Å². The van der Waals surface area contributed by atoms with E-state index in [1.54, 1.807) is 0 Å². The summed E-state index contributed by atoms with van der Waals surface area (Å²) in [5.74, 6) is 2.64. The van der Waals surface area contributed by atoms with Gasteiger partial charge in [-0.2, -0.15) is 0 Å². The molecule has 0 radical (unpaired) electrons. The first kappa shape index (κ1) is 15.0. The number of likely N-dealkylation sites (tertiary alicyclic amines) is 1. The third-order valence-corrected chi connectivity index (χ3v) is 3.71. The third kappa shape index (κ3) is 4.01. The zero-order valence-corrected chi connectivity index (χ0v) is 11.4. The highest BCUT2D eigenvalue weighted by molar-refractivity contribution is 5.79. The summed E-state index contributed by atoms with van der Waals surface area (Å²) < 4.78 is 0. The van der Waals surface area contributed by atoms with Crippen molar-refractivity contribution in [1.82, 2.24) is 10.2 Å². The molecule has 1 saturated heterocycles. The minimum atomic E-state index is -0.522. The fourth-order valence-electron chi connectivity index (χ4n) is 2.35. The second-order valence-electron chi connectivity index (χ2n) is 5.01. The number of hydrogen-bond acceptors (Lipinski definition) is 3. The number of terminal acetylenes is 1. The first-order valence-corrected chi connectivity index (χ1v) is 6.74. The van der Waals surface area contributed by atoms with Crippen molar-refractivity contribution in [2.24, 2.45) is 0 Å². The van der Waals surface area contributed by atoms with Crippen LogP contribution in [-0.4, -0.2) is 47.2 Å². The number of aliphatic hydroxyl groups excluding tert-OH is 1. The van der Waals surface area contributed by atoms with Crippen LogP contribution < -0.4 is 5.32 Å². The fraction of sp³-hybridized carbons (Fsp3) is 0.786. The SMILES string of the molecule is C#CC(CC)(CC)NC(=O)CN1CCC[C@H](O)C1. The lowest BCUT2D eigenvalue weighted by atomic mass is 9.94. The summed E-state index contributed by atoms with van der Waals surface area (Å²) in [6.07, 6.45) is 8.44. The Bertz CT molecular complexity index is 318. The van der Waals surface area contributed by atoms with Gasteiger partial charge in [-0.05, 0) is 32.2 Å². The van der Waals surface area contributed by atoms with Crippen LogP contribution in [-0.2, 0) is 4.79 Å². The van der Waals surface area contributed by atoms with Crippen LogP contribution in [0.3, 0.4) is 0 Å². The average molecular weight is 252 g/mol. The summed E-state index contributed by atoms with van der Waals surface area (Å²) in [4.78, 5) is 14.0. The number of nitrogens with one attached hydrogen (secondary N) is 1. The van der Waals surface area contributed by atoms with Gasteiger partial charge in [-0.25, -0.2) is 0 Å². The molecule has 4 heteroatoms. The van der Waals surface area contributed by atoms with Crippen molar-refractivity contribution in [3.8, 4) is 12.3 Å². The van der Waals surface area contributed by atoms with E-state index in [4.69, 9.17) is 6.42 Å². The standard InChI is InChI=1S/C14H24N2O2/c1-4-14(5-2,6-3)15-13(18)11-16-9-7-8-12(17)10-16/h1,12,17H,5-11H2,2-3H3,(H,15,18)/t12-/m0/s1. The highest BCUT2D eigenvalue weighted by atomic mass is 16.3. The summed E-state index contributed by atoms with van der Waals surface area (Å²) in [7, 11) is 0. The Labute approximate surface area is 110 Å². The van der Waals surface area contributed by atoms with Gasteiger partial charge in [-0.15, -0.1) is 6.42 Å². The molecule has 1 rings (SSSR count). The summed E-state index contributed by atoms with van der Waals surface area (Å²) in [6.45, 7) is 5.73. The smallest absolute Gasteiger partial charge is 0.235 e. The number of hydrogen-bond donors (Lipinski definition) is 2. The molecule has 0 bridgehead atoms. The Balaban J connectivity index is 2.48. The fourth-order valence-corrected chi connectivity index (χ4v) is 2.35. The molecule has 102 valence electrons. The van der Waals surface area contributed by atoms with Crippen LogP contribution in [0.1, 0.15) is 39.5 Å². The molecule has 1 heterocycles. The largest absolute Gasteiger partial charge is 0.392 e. The molecule has 4 nitrogen and oxygen atoms in total. The van der Waals surface area contributed by atoms with Crippen LogP contribution in [0, 0.1) is 12.3 Å². The summed E-state index contributed by atoms with van der Waals surface area (Å²) in [5.41, 5.74) is -0.522. The minimum absolute atomic E-state index is 0.0502. The van der Waals surface area contributed by atoms with Crippen LogP contribution in [0.4, 0.5) is 0 Å². The van der Waals surface area contributed by atoms with Gasteiger partial charge < -0.3 is 10.4 Å². The van der Waals surface area contributed by atoms with Gasteiger partial charge in [0.2, 0.25) is 5.91 Å². The van der Waals surface area contributed by atoms with Gasteiger partial charge in [-0.1, -0.05) is 19.8 Å². The van der Waals surface area contributed by atoms with Gasteiger partial charge in [-0.3, -0.25) is 9.69 Å². The predicted octanol–water partition coefficient (Wildman–Crippen LogP) is 0.751. The molecule has 1 amide bonds. The topological polar surface area (TPSA) is 52.6 Å². The van der Waals surface area contributed by atoms with Crippen LogP contribution >= 0.6 is 0 Å². The van der Waals surface area contributed by atoms with Crippen LogP contribution in [0.2, 0.25) is 0 Å². The average Bonchev–Trinajstić information content (AvgIpc) is 2.36. The Kier molecular flexibility index (Phi) is 5.64. The summed E-state index contributed by atoms with van der Waals surface area (Å²) in [6, 6.07) is 0. The van der Waals surface area contributed by atoms with Gasteiger partial charge in [0, 0.05) is 6.54 Å². The molecule has 0 unspecified atom stereocenters. The Morgan fingerprint density at radius 3 is 2.72 bits per heavy atom. The lowest BCUT2D eigenvalue weighted by Gasteiger charge is -2.32. The Morgan fingerprint density at radius 1 is 1.56 bits per heavy atom. The molecule has 0 aromatic heterocycles. The number of amides is 1. The molecule has 1 aliphatic rings. The Morgan fingerprint density at radius 2 is 2.22 bits per heavy atom. The number of carbonyl (C=O) groups is 1. The molecule has 0 saturated carbocycles. The molecule has 0 aromatic carbocycles. The van der Waals surface area contributed by atoms with E-state index in [0.29, 0.717) is 13.1 Å². The zero-order chi connectivity index (χ0) is 13.6. The molecule has 18 heavy (non-hydrogen) atoms. The second kappa shape index (κ2) is 6.77. The lowest BCUT2D eigenvalue weighted by Crippen LogP contribution is -2.51. The molecule has 0 aromatic rings. The third-order valence-electron chi connectivity index (χ3n) is 3.71.